The second kappa shape index (κ2) is 7.86. The Balaban J connectivity index is 1.69. The van der Waals surface area contributed by atoms with E-state index >= 15 is 0 Å². The van der Waals surface area contributed by atoms with Gasteiger partial charge in [-0.2, -0.15) is 0 Å². The molecule has 0 unspecified atom stereocenters. The average Bonchev–Trinajstić information content (AvgIpc) is 2.98. The third-order valence-electron chi connectivity index (χ3n) is 4.68. The van der Waals surface area contributed by atoms with Gasteiger partial charge >= 0.3 is 0 Å². The summed E-state index contributed by atoms with van der Waals surface area (Å²) in [4.78, 5) is 33.5. The van der Waals surface area contributed by atoms with Crippen LogP contribution in [0.3, 0.4) is 0 Å². The van der Waals surface area contributed by atoms with Crippen molar-refractivity contribution in [3.63, 3.8) is 0 Å². The number of imidazole rings is 1. The smallest absolute Gasteiger partial charge is 0.272 e. The van der Waals surface area contributed by atoms with Crippen LogP contribution in [0.5, 0.6) is 0 Å². The zero-order valence-electron chi connectivity index (χ0n) is 15.7. The molecule has 1 fully saturated rings. The summed E-state index contributed by atoms with van der Waals surface area (Å²) in [7, 11) is 2.04. The number of rotatable bonds is 5. The van der Waals surface area contributed by atoms with Crippen LogP contribution in [0.2, 0.25) is 0 Å². The van der Waals surface area contributed by atoms with Crippen molar-refractivity contribution >= 4 is 17.3 Å². The summed E-state index contributed by atoms with van der Waals surface area (Å²) in [5, 5.41) is 2.75. The van der Waals surface area contributed by atoms with E-state index in [0.29, 0.717) is 24.7 Å². The van der Waals surface area contributed by atoms with E-state index in [2.05, 4.69) is 29.0 Å². The maximum Gasteiger partial charge on any atom is 0.272 e. The monoisotopic (exact) mass is 357 g/mol. The first-order valence-electron chi connectivity index (χ1n) is 9.16. The lowest BCUT2D eigenvalue weighted by atomic mass is 10.1. The van der Waals surface area contributed by atoms with Crippen LogP contribution in [0, 0.1) is 5.92 Å². The van der Waals surface area contributed by atoms with Crippen molar-refractivity contribution in [2.24, 2.45) is 5.92 Å². The zero-order chi connectivity index (χ0) is 18.7. The van der Waals surface area contributed by atoms with Gasteiger partial charge in [0.25, 0.3) is 5.91 Å². The molecule has 26 heavy (non-hydrogen) atoms. The molecule has 2 amide bonds. The molecule has 0 aromatic carbocycles. The van der Waals surface area contributed by atoms with Crippen molar-refractivity contribution in [1.29, 1.82) is 0 Å². The molecule has 0 aliphatic carbocycles. The number of hydrogen-bond acceptors (Lipinski definition) is 4. The Bertz CT molecular complexity index is 790. The van der Waals surface area contributed by atoms with Crippen molar-refractivity contribution in [3.05, 3.63) is 35.9 Å². The molecule has 0 spiro atoms. The quantitative estimate of drug-likeness (QED) is 0.868. The minimum Gasteiger partial charge on any atom is -0.342 e. The number of fused-ring (bicyclic) bond motifs is 1. The van der Waals surface area contributed by atoms with Crippen LogP contribution in [-0.4, -0.2) is 70.8 Å². The summed E-state index contributed by atoms with van der Waals surface area (Å²) in [5.41, 5.74) is 1.15. The average molecular weight is 357 g/mol. The highest BCUT2D eigenvalue weighted by atomic mass is 16.2. The highest BCUT2D eigenvalue weighted by Gasteiger charge is 2.21. The molecule has 7 nitrogen and oxygen atoms in total. The van der Waals surface area contributed by atoms with Crippen molar-refractivity contribution in [2.75, 3.05) is 39.8 Å². The third kappa shape index (κ3) is 4.04. The summed E-state index contributed by atoms with van der Waals surface area (Å²) in [6.07, 6.45) is 2.71. The van der Waals surface area contributed by atoms with Crippen LogP contribution >= 0.6 is 0 Å². The number of pyridine rings is 1. The van der Waals surface area contributed by atoms with E-state index in [4.69, 9.17) is 0 Å². The van der Waals surface area contributed by atoms with Gasteiger partial charge in [0.1, 0.15) is 5.82 Å². The van der Waals surface area contributed by atoms with Crippen LogP contribution in [0.25, 0.3) is 5.52 Å². The van der Waals surface area contributed by atoms with Crippen LogP contribution in [0.15, 0.2) is 24.4 Å². The topological polar surface area (TPSA) is 70.0 Å². The number of carbonyl (C=O) groups is 2. The lowest BCUT2D eigenvalue weighted by molar-refractivity contribution is -0.131. The second-order valence-electron chi connectivity index (χ2n) is 7.30. The number of carbonyl (C=O) groups excluding carboxylic acids is 2. The lowest BCUT2D eigenvalue weighted by Gasteiger charge is -2.32. The first kappa shape index (κ1) is 18.4. The Morgan fingerprint density at radius 3 is 2.62 bits per heavy atom. The van der Waals surface area contributed by atoms with E-state index in [9.17, 15) is 9.59 Å². The predicted octanol–water partition coefficient (Wildman–Crippen LogP) is 1.04. The number of piperazine rings is 1. The van der Waals surface area contributed by atoms with Crippen LogP contribution in [-0.2, 0) is 11.2 Å². The molecular formula is C19H27N5O2. The first-order valence-corrected chi connectivity index (χ1v) is 9.16. The van der Waals surface area contributed by atoms with Crippen LogP contribution in [0.4, 0.5) is 0 Å². The largest absolute Gasteiger partial charge is 0.342 e. The molecule has 3 heterocycles. The standard InChI is InChI=1S/C19H27N5O2/c1-14(2)12-16-21-18(15-6-4-5-7-24(15)16)19(26)20-13-17(25)23-10-8-22(3)9-11-23/h4-7,14H,8-13H2,1-3H3,(H,20,26). The Hall–Kier alpha value is -2.41. The fourth-order valence-electron chi connectivity index (χ4n) is 3.18. The van der Waals surface area contributed by atoms with Gasteiger partial charge in [0, 0.05) is 38.8 Å². The van der Waals surface area contributed by atoms with E-state index in [1.807, 2.05) is 35.8 Å². The summed E-state index contributed by atoms with van der Waals surface area (Å²) < 4.78 is 1.96. The van der Waals surface area contributed by atoms with E-state index in [-0.39, 0.29) is 18.4 Å². The van der Waals surface area contributed by atoms with Gasteiger partial charge in [-0.25, -0.2) is 4.98 Å². The minimum absolute atomic E-state index is 0.00785. The molecule has 1 saturated heterocycles. The molecular weight excluding hydrogens is 330 g/mol. The number of amides is 2. The third-order valence-corrected chi connectivity index (χ3v) is 4.68. The Labute approximate surface area is 154 Å². The molecule has 7 heteroatoms. The molecule has 3 rings (SSSR count). The second-order valence-corrected chi connectivity index (χ2v) is 7.30. The van der Waals surface area contributed by atoms with Crippen LogP contribution in [0.1, 0.15) is 30.2 Å². The number of hydrogen-bond donors (Lipinski definition) is 1. The van der Waals surface area contributed by atoms with Gasteiger partial charge in [-0.05, 0) is 25.1 Å². The molecule has 2 aromatic heterocycles. The van der Waals surface area contributed by atoms with E-state index in [1.165, 1.54) is 0 Å². The van der Waals surface area contributed by atoms with Gasteiger partial charge in [0.2, 0.25) is 5.91 Å². The fraction of sp³-hybridized carbons (Fsp3) is 0.526. The highest BCUT2D eigenvalue weighted by molar-refractivity contribution is 6.00. The van der Waals surface area contributed by atoms with Gasteiger partial charge < -0.3 is 19.5 Å². The van der Waals surface area contributed by atoms with Crippen molar-refractivity contribution < 1.29 is 9.59 Å². The molecule has 1 aliphatic heterocycles. The number of likely N-dealkylation sites (N-methyl/N-ethyl adjacent to an activating group) is 1. The summed E-state index contributed by atoms with van der Waals surface area (Å²) in [6.45, 7) is 7.40. The van der Waals surface area contributed by atoms with Gasteiger partial charge in [0.15, 0.2) is 5.69 Å². The maximum absolute atomic E-state index is 12.6. The van der Waals surface area contributed by atoms with Crippen molar-refractivity contribution in [1.82, 2.24) is 24.5 Å². The normalized spacial score (nSPS) is 15.6. The molecule has 0 atom stereocenters. The highest BCUT2D eigenvalue weighted by Crippen LogP contribution is 2.16. The molecule has 0 bridgehead atoms. The fourth-order valence-corrected chi connectivity index (χ4v) is 3.18. The Kier molecular flexibility index (Phi) is 5.56. The molecule has 1 aliphatic rings. The van der Waals surface area contributed by atoms with E-state index in [1.54, 1.807) is 4.90 Å². The van der Waals surface area contributed by atoms with Gasteiger partial charge in [-0.1, -0.05) is 19.9 Å². The molecule has 0 radical (unpaired) electrons. The summed E-state index contributed by atoms with van der Waals surface area (Å²) in [5.74, 6) is 0.963. The number of nitrogens with one attached hydrogen (secondary N) is 1. The molecule has 2 aromatic rings. The Morgan fingerprint density at radius 1 is 1.19 bits per heavy atom. The van der Waals surface area contributed by atoms with Gasteiger partial charge in [-0.3, -0.25) is 9.59 Å². The first-order chi connectivity index (χ1) is 12.5. The van der Waals surface area contributed by atoms with Gasteiger partial charge in [-0.15, -0.1) is 0 Å². The summed E-state index contributed by atoms with van der Waals surface area (Å²) in [6, 6.07) is 5.70. The number of aromatic nitrogens is 2. The molecule has 0 saturated carbocycles. The SMILES string of the molecule is CC(C)Cc1nc(C(=O)NCC(=O)N2CCN(C)CC2)c2ccccn12. The van der Waals surface area contributed by atoms with Crippen LogP contribution < -0.4 is 5.32 Å². The number of nitrogens with zero attached hydrogens (tertiary/aromatic N) is 4. The van der Waals surface area contributed by atoms with E-state index in [0.717, 1.165) is 30.9 Å². The predicted molar refractivity (Wildman–Crippen MR) is 100 cm³/mol. The van der Waals surface area contributed by atoms with E-state index < -0.39 is 0 Å². The van der Waals surface area contributed by atoms with Crippen molar-refractivity contribution in [3.8, 4) is 0 Å². The molecule has 140 valence electrons. The molecule has 1 N–H and O–H groups in total. The van der Waals surface area contributed by atoms with Crippen molar-refractivity contribution in [2.45, 2.75) is 20.3 Å². The Morgan fingerprint density at radius 2 is 1.92 bits per heavy atom. The maximum atomic E-state index is 12.6. The van der Waals surface area contributed by atoms with Gasteiger partial charge in [0.05, 0.1) is 12.1 Å². The lowest BCUT2D eigenvalue weighted by Crippen LogP contribution is -2.50. The zero-order valence-corrected chi connectivity index (χ0v) is 15.7. The summed E-state index contributed by atoms with van der Waals surface area (Å²) >= 11 is 0. The minimum atomic E-state index is -0.300.